The summed E-state index contributed by atoms with van der Waals surface area (Å²) < 4.78 is 1.39. The minimum atomic E-state index is -0.825. The number of carbonyl (C=O) groups is 1. The van der Waals surface area contributed by atoms with Gasteiger partial charge in [0.2, 0.25) is 0 Å². The number of nitrogens with one attached hydrogen (secondary N) is 1. The van der Waals surface area contributed by atoms with E-state index in [2.05, 4.69) is 20.6 Å². The summed E-state index contributed by atoms with van der Waals surface area (Å²) in [5.41, 5.74) is 2.12. The van der Waals surface area contributed by atoms with Crippen LogP contribution in [0.15, 0.2) is 42.7 Å². The molecule has 0 spiro atoms. The maximum atomic E-state index is 12.3. The Labute approximate surface area is 126 Å². The van der Waals surface area contributed by atoms with Gasteiger partial charge in [-0.25, -0.2) is 4.68 Å². The third-order valence-corrected chi connectivity index (χ3v) is 3.38. The standard InChI is InChI=1S/C15H15N5O2/c1-10-7-17-19-20(10)14(9-21)15(22)18-12-6-11-4-2-3-5-13(11)16-8-12/h2-8,14,21H,9H2,1H3,(H,18,22). The van der Waals surface area contributed by atoms with Gasteiger partial charge in [-0.1, -0.05) is 23.4 Å². The van der Waals surface area contributed by atoms with Gasteiger partial charge in [-0.3, -0.25) is 9.78 Å². The highest BCUT2D eigenvalue weighted by molar-refractivity contribution is 5.95. The first-order valence-electron chi connectivity index (χ1n) is 6.82. The van der Waals surface area contributed by atoms with Crippen LogP contribution in [0.5, 0.6) is 0 Å². The van der Waals surface area contributed by atoms with Gasteiger partial charge < -0.3 is 10.4 Å². The topological polar surface area (TPSA) is 92.9 Å². The molecule has 1 unspecified atom stereocenters. The number of amides is 1. The van der Waals surface area contributed by atoms with Crippen molar-refractivity contribution < 1.29 is 9.90 Å². The molecule has 0 aliphatic rings. The summed E-state index contributed by atoms with van der Waals surface area (Å²) in [6.07, 6.45) is 3.12. The number of pyridine rings is 1. The lowest BCUT2D eigenvalue weighted by Gasteiger charge is -2.15. The summed E-state index contributed by atoms with van der Waals surface area (Å²) in [5.74, 6) is -0.367. The smallest absolute Gasteiger partial charge is 0.251 e. The number of anilines is 1. The third-order valence-electron chi connectivity index (χ3n) is 3.38. The number of aliphatic hydroxyl groups excluding tert-OH is 1. The highest BCUT2D eigenvalue weighted by Crippen LogP contribution is 2.17. The summed E-state index contributed by atoms with van der Waals surface area (Å²) in [6, 6.07) is 8.64. The first kappa shape index (κ1) is 14.2. The van der Waals surface area contributed by atoms with Crippen molar-refractivity contribution in [2.75, 3.05) is 11.9 Å². The van der Waals surface area contributed by atoms with Crippen LogP contribution in [0.3, 0.4) is 0 Å². The monoisotopic (exact) mass is 297 g/mol. The van der Waals surface area contributed by atoms with Gasteiger partial charge in [0, 0.05) is 5.39 Å². The van der Waals surface area contributed by atoms with Gasteiger partial charge in [0.15, 0.2) is 6.04 Å². The number of aliphatic hydroxyl groups is 1. The number of carbonyl (C=O) groups excluding carboxylic acids is 1. The van der Waals surface area contributed by atoms with Crippen LogP contribution in [0.4, 0.5) is 5.69 Å². The van der Waals surface area contributed by atoms with E-state index in [-0.39, 0.29) is 12.5 Å². The maximum absolute atomic E-state index is 12.3. The fraction of sp³-hybridized carbons (Fsp3) is 0.200. The molecule has 1 amide bonds. The van der Waals surface area contributed by atoms with Crippen molar-refractivity contribution in [2.45, 2.75) is 13.0 Å². The predicted molar refractivity (Wildman–Crippen MR) is 81.3 cm³/mol. The molecule has 22 heavy (non-hydrogen) atoms. The van der Waals surface area contributed by atoms with Crippen molar-refractivity contribution in [3.05, 3.63) is 48.4 Å². The van der Waals surface area contributed by atoms with Gasteiger partial charge >= 0.3 is 0 Å². The van der Waals surface area contributed by atoms with E-state index in [1.165, 1.54) is 10.9 Å². The largest absolute Gasteiger partial charge is 0.394 e. The summed E-state index contributed by atoms with van der Waals surface area (Å²) in [7, 11) is 0. The highest BCUT2D eigenvalue weighted by atomic mass is 16.3. The molecule has 2 N–H and O–H groups in total. The summed E-state index contributed by atoms with van der Waals surface area (Å²) in [6.45, 7) is 1.41. The van der Waals surface area contributed by atoms with Crippen molar-refractivity contribution in [3.63, 3.8) is 0 Å². The van der Waals surface area contributed by atoms with E-state index in [1.807, 2.05) is 30.3 Å². The van der Waals surface area contributed by atoms with E-state index in [9.17, 15) is 9.90 Å². The first-order chi connectivity index (χ1) is 10.7. The van der Waals surface area contributed by atoms with Gasteiger partial charge in [-0.05, 0) is 19.1 Å². The molecule has 0 saturated heterocycles. The van der Waals surface area contributed by atoms with Crippen molar-refractivity contribution >= 4 is 22.5 Å². The van der Waals surface area contributed by atoms with Crippen LogP contribution >= 0.6 is 0 Å². The number of hydrogen-bond donors (Lipinski definition) is 2. The number of aromatic nitrogens is 4. The Kier molecular flexibility index (Phi) is 3.80. The summed E-state index contributed by atoms with van der Waals surface area (Å²) in [5, 5.41) is 20.7. The SMILES string of the molecule is Cc1cnnn1C(CO)C(=O)Nc1cnc2ccccc2c1. The maximum Gasteiger partial charge on any atom is 0.251 e. The molecule has 7 nitrogen and oxygen atoms in total. The average molecular weight is 297 g/mol. The van der Waals surface area contributed by atoms with Gasteiger partial charge in [0.1, 0.15) is 0 Å². The Bertz CT molecular complexity index is 814. The lowest BCUT2D eigenvalue weighted by atomic mass is 10.2. The van der Waals surface area contributed by atoms with E-state index < -0.39 is 6.04 Å². The molecule has 0 fully saturated rings. The summed E-state index contributed by atoms with van der Waals surface area (Å²) in [4.78, 5) is 16.6. The number of nitrogens with zero attached hydrogens (tertiary/aromatic N) is 4. The van der Waals surface area contributed by atoms with E-state index in [4.69, 9.17) is 0 Å². The molecule has 2 heterocycles. The van der Waals surface area contributed by atoms with Crippen LogP contribution < -0.4 is 5.32 Å². The lowest BCUT2D eigenvalue weighted by Crippen LogP contribution is -2.30. The molecular weight excluding hydrogens is 282 g/mol. The molecule has 0 aliphatic carbocycles. The normalized spacial score (nSPS) is 12.3. The lowest BCUT2D eigenvalue weighted by molar-refractivity contribution is -0.120. The molecule has 1 aromatic carbocycles. The van der Waals surface area contributed by atoms with E-state index in [0.717, 1.165) is 10.9 Å². The zero-order chi connectivity index (χ0) is 15.5. The van der Waals surface area contributed by atoms with Crippen molar-refractivity contribution in [3.8, 4) is 0 Å². The zero-order valence-electron chi connectivity index (χ0n) is 12.0. The second kappa shape index (κ2) is 5.90. The fourth-order valence-corrected chi connectivity index (χ4v) is 2.24. The van der Waals surface area contributed by atoms with Crippen LogP contribution in [0.2, 0.25) is 0 Å². The number of rotatable bonds is 4. The quantitative estimate of drug-likeness (QED) is 0.757. The van der Waals surface area contributed by atoms with Gasteiger partial charge in [-0.2, -0.15) is 0 Å². The van der Waals surface area contributed by atoms with Crippen LogP contribution in [0, 0.1) is 6.92 Å². The van der Waals surface area contributed by atoms with Crippen molar-refractivity contribution in [2.24, 2.45) is 0 Å². The number of para-hydroxylation sites is 1. The van der Waals surface area contributed by atoms with E-state index in [0.29, 0.717) is 11.4 Å². The molecule has 0 saturated carbocycles. The Hall–Kier alpha value is -2.80. The fourth-order valence-electron chi connectivity index (χ4n) is 2.24. The molecule has 1 atom stereocenters. The number of fused-ring (bicyclic) bond motifs is 1. The molecular formula is C15H15N5O2. The van der Waals surface area contributed by atoms with Crippen LogP contribution in [0.25, 0.3) is 10.9 Å². The second-order valence-corrected chi connectivity index (χ2v) is 4.92. The van der Waals surface area contributed by atoms with E-state index in [1.54, 1.807) is 13.1 Å². The Morgan fingerprint density at radius 3 is 2.91 bits per heavy atom. The molecule has 0 radical (unpaired) electrons. The van der Waals surface area contributed by atoms with E-state index >= 15 is 0 Å². The zero-order valence-corrected chi connectivity index (χ0v) is 12.0. The molecule has 3 rings (SSSR count). The molecule has 7 heteroatoms. The highest BCUT2D eigenvalue weighted by Gasteiger charge is 2.22. The Morgan fingerprint density at radius 2 is 2.18 bits per heavy atom. The Morgan fingerprint density at radius 1 is 1.36 bits per heavy atom. The molecule has 112 valence electrons. The first-order valence-corrected chi connectivity index (χ1v) is 6.82. The second-order valence-electron chi connectivity index (χ2n) is 4.92. The predicted octanol–water partition coefficient (Wildman–Crippen LogP) is 1.31. The Balaban J connectivity index is 1.84. The van der Waals surface area contributed by atoms with Crippen LogP contribution in [-0.2, 0) is 4.79 Å². The van der Waals surface area contributed by atoms with Gasteiger partial charge in [0.05, 0.1) is 35.9 Å². The minimum absolute atomic E-state index is 0.364. The molecule has 3 aromatic rings. The van der Waals surface area contributed by atoms with Gasteiger partial charge in [-0.15, -0.1) is 5.10 Å². The minimum Gasteiger partial charge on any atom is -0.394 e. The number of hydrogen-bond acceptors (Lipinski definition) is 5. The van der Waals surface area contributed by atoms with Crippen LogP contribution in [0.1, 0.15) is 11.7 Å². The third kappa shape index (κ3) is 2.66. The number of aryl methyl sites for hydroxylation is 1. The molecule has 0 bridgehead atoms. The van der Waals surface area contributed by atoms with Gasteiger partial charge in [0.25, 0.3) is 5.91 Å². The molecule has 0 aliphatic heterocycles. The average Bonchev–Trinajstić information content (AvgIpc) is 2.94. The number of benzene rings is 1. The van der Waals surface area contributed by atoms with Crippen molar-refractivity contribution in [1.29, 1.82) is 0 Å². The molecule has 2 aromatic heterocycles. The van der Waals surface area contributed by atoms with Crippen LogP contribution in [-0.4, -0.2) is 37.6 Å². The van der Waals surface area contributed by atoms with Crippen molar-refractivity contribution in [1.82, 2.24) is 20.0 Å². The summed E-state index contributed by atoms with van der Waals surface area (Å²) >= 11 is 0.